The van der Waals surface area contributed by atoms with Crippen molar-refractivity contribution in [2.24, 2.45) is 0 Å². The van der Waals surface area contributed by atoms with Crippen LogP contribution in [0.5, 0.6) is 0 Å². The fraction of sp³-hybridized carbons (Fsp3) is 0.400. The summed E-state index contributed by atoms with van der Waals surface area (Å²) < 4.78 is 25.5. The topological polar surface area (TPSA) is 0 Å². The van der Waals surface area contributed by atoms with Gasteiger partial charge in [0.2, 0.25) is 0 Å². The van der Waals surface area contributed by atoms with Crippen molar-refractivity contribution >= 4 is 11.8 Å². The lowest BCUT2D eigenvalue weighted by atomic mass is 10.2. The van der Waals surface area contributed by atoms with Crippen molar-refractivity contribution in [3.63, 3.8) is 0 Å². The van der Waals surface area contributed by atoms with Gasteiger partial charge in [-0.15, -0.1) is 0 Å². The zero-order valence-electron chi connectivity index (χ0n) is 7.68. The minimum Gasteiger partial charge on any atom is -0.207 e. The van der Waals surface area contributed by atoms with E-state index in [-0.39, 0.29) is 0 Å². The fourth-order valence-corrected chi connectivity index (χ4v) is 1.64. The molecule has 0 unspecified atom stereocenters. The molecule has 0 bridgehead atoms. The van der Waals surface area contributed by atoms with Gasteiger partial charge >= 0.3 is 0 Å². The van der Waals surface area contributed by atoms with Gasteiger partial charge in [0.15, 0.2) is 0 Å². The standard InChI is InChI=1S/C10H12F2S/c1-7(2)13-6-8-3-4-9(11)5-10(8)12/h3-5,7H,6H2,1-2H3. The molecule has 0 nitrogen and oxygen atoms in total. The van der Waals surface area contributed by atoms with E-state index in [9.17, 15) is 8.78 Å². The molecular formula is C10H12F2S. The lowest BCUT2D eigenvalue weighted by Crippen LogP contribution is -1.93. The molecule has 0 radical (unpaired) electrons. The van der Waals surface area contributed by atoms with Crippen LogP contribution in [0.2, 0.25) is 0 Å². The molecule has 0 amide bonds. The number of thioether (sulfide) groups is 1. The number of benzene rings is 1. The van der Waals surface area contributed by atoms with Crippen LogP contribution in [0.3, 0.4) is 0 Å². The highest BCUT2D eigenvalue weighted by Crippen LogP contribution is 2.19. The van der Waals surface area contributed by atoms with E-state index < -0.39 is 11.6 Å². The van der Waals surface area contributed by atoms with Crippen molar-refractivity contribution in [2.75, 3.05) is 0 Å². The van der Waals surface area contributed by atoms with Gasteiger partial charge in [0.1, 0.15) is 11.6 Å². The average molecular weight is 202 g/mol. The van der Waals surface area contributed by atoms with Crippen LogP contribution in [0, 0.1) is 11.6 Å². The first-order valence-corrected chi connectivity index (χ1v) is 5.20. The molecule has 0 saturated carbocycles. The second kappa shape index (κ2) is 4.61. The number of rotatable bonds is 3. The molecule has 0 heterocycles. The predicted octanol–water partition coefficient (Wildman–Crippen LogP) is 3.61. The molecule has 13 heavy (non-hydrogen) atoms. The van der Waals surface area contributed by atoms with Crippen LogP contribution < -0.4 is 0 Å². The first kappa shape index (κ1) is 10.5. The Balaban J connectivity index is 2.67. The molecule has 72 valence electrons. The molecule has 0 spiro atoms. The van der Waals surface area contributed by atoms with Gasteiger partial charge in [0, 0.05) is 11.8 Å². The maximum atomic E-state index is 13.0. The molecule has 0 atom stereocenters. The van der Waals surface area contributed by atoms with Crippen LogP contribution in [0.25, 0.3) is 0 Å². The molecule has 1 rings (SSSR count). The lowest BCUT2D eigenvalue weighted by molar-refractivity contribution is 0.576. The van der Waals surface area contributed by atoms with Gasteiger partial charge in [-0.25, -0.2) is 8.78 Å². The SMILES string of the molecule is CC(C)SCc1ccc(F)cc1F. The Kier molecular flexibility index (Phi) is 3.72. The Labute approximate surface area is 81.3 Å². The van der Waals surface area contributed by atoms with Crippen LogP contribution in [0.1, 0.15) is 19.4 Å². The molecule has 0 saturated heterocycles. The van der Waals surface area contributed by atoms with Gasteiger partial charge < -0.3 is 0 Å². The summed E-state index contributed by atoms with van der Waals surface area (Å²) in [6.07, 6.45) is 0. The molecule has 0 aliphatic heterocycles. The molecule has 1 aromatic carbocycles. The van der Waals surface area contributed by atoms with E-state index in [0.29, 0.717) is 16.6 Å². The Morgan fingerprint density at radius 2 is 2.00 bits per heavy atom. The molecule has 0 aliphatic carbocycles. The maximum absolute atomic E-state index is 13.0. The third-order valence-corrected chi connectivity index (χ3v) is 2.73. The molecular weight excluding hydrogens is 190 g/mol. The van der Waals surface area contributed by atoms with Crippen molar-refractivity contribution in [2.45, 2.75) is 24.9 Å². The van der Waals surface area contributed by atoms with E-state index in [0.717, 1.165) is 6.07 Å². The van der Waals surface area contributed by atoms with Gasteiger partial charge in [-0.3, -0.25) is 0 Å². The van der Waals surface area contributed by atoms with Crippen LogP contribution >= 0.6 is 11.8 Å². The highest BCUT2D eigenvalue weighted by Gasteiger charge is 2.04. The quantitative estimate of drug-likeness (QED) is 0.721. The Hall–Kier alpha value is -0.570. The van der Waals surface area contributed by atoms with Crippen molar-refractivity contribution in [1.82, 2.24) is 0 Å². The summed E-state index contributed by atoms with van der Waals surface area (Å²) in [4.78, 5) is 0. The second-order valence-electron chi connectivity index (χ2n) is 3.10. The summed E-state index contributed by atoms with van der Waals surface area (Å²) in [7, 11) is 0. The Morgan fingerprint density at radius 1 is 1.31 bits per heavy atom. The summed E-state index contributed by atoms with van der Waals surface area (Å²) in [5, 5.41) is 0.462. The minimum atomic E-state index is -0.518. The van der Waals surface area contributed by atoms with Gasteiger partial charge in [-0.2, -0.15) is 11.8 Å². The van der Waals surface area contributed by atoms with E-state index in [1.165, 1.54) is 12.1 Å². The number of hydrogen-bond donors (Lipinski definition) is 0. The van der Waals surface area contributed by atoms with Crippen LogP contribution in [0.4, 0.5) is 8.78 Å². The minimum absolute atomic E-state index is 0.451. The van der Waals surface area contributed by atoms with E-state index >= 15 is 0 Å². The predicted molar refractivity (Wildman–Crippen MR) is 52.8 cm³/mol. The number of hydrogen-bond acceptors (Lipinski definition) is 1. The van der Waals surface area contributed by atoms with Gasteiger partial charge in [-0.05, 0) is 16.9 Å². The molecule has 0 aromatic heterocycles. The van der Waals surface area contributed by atoms with Crippen molar-refractivity contribution in [1.29, 1.82) is 0 Å². The largest absolute Gasteiger partial charge is 0.207 e. The zero-order valence-corrected chi connectivity index (χ0v) is 8.50. The molecule has 1 aromatic rings. The van der Waals surface area contributed by atoms with E-state index in [2.05, 4.69) is 0 Å². The summed E-state index contributed by atoms with van der Waals surface area (Å²) in [6, 6.07) is 3.72. The average Bonchev–Trinajstić information content (AvgIpc) is 2.02. The van der Waals surface area contributed by atoms with Gasteiger partial charge in [-0.1, -0.05) is 19.9 Å². The van der Waals surface area contributed by atoms with E-state index in [1.807, 2.05) is 13.8 Å². The summed E-state index contributed by atoms with van der Waals surface area (Å²) in [5.74, 6) is -0.368. The van der Waals surface area contributed by atoms with Crippen LogP contribution in [-0.4, -0.2) is 5.25 Å². The summed E-state index contributed by atoms with van der Waals surface area (Å²) in [5.41, 5.74) is 0.570. The van der Waals surface area contributed by atoms with Crippen molar-refractivity contribution in [3.05, 3.63) is 35.4 Å². The van der Waals surface area contributed by atoms with Gasteiger partial charge in [0.25, 0.3) is 0 Å². The van der Waals surface area contributed by atoms with Gasteiger partial charge in [0.05, 0.1) is 0 Å². The molecule has 3 heteroatoms. The van der Waals surface area contributed by atoms with Crippen molar-refractivity contribution < 1.29 is 8.78 Å². The first-order valence-electron chi connectivity index (χ1n) is 4.15. The normalized spacial score (nSPS) is 10.8. The van der Waals surface area contributed by atoms with Crippen LogP contribution in [0.15, 0.2) is 18.2 Å². The summed E-state index contributed by atoms with van der Waals surface area (Å²) >= 11 is 1.64. The van der Waals surface area contributed by atoms with Crippen LogP contribution in [-0.2, 0) is 5.75 Å². The Morgan fingerprint density at radius 3 is 2.54 bits per heavy atom. The second-order valence-corrected chi connectivity index (χ2v) is 4.66. The first-order chi connectivity index (χ1) is 6.09. The zero-order chi connectivity index (χ0) is 9.84. The van der Waals surface area contributed by atoms with Crippen molar-refractivity contribution in [3.8, 4) is 0 Å². The Bertz CT molecular complexity index is 284. The highest BCUT2D eigenvalue weighted by molar-refractivity contribution is 7.99. The maximum Gasteiger partial charge on any atom is 0.130 e. The lowest BCUT2D eigenvalue weighted by Gasteiger charge is -2.05. The number of halogens is 2. The van der Waals surface area contributed by atoms with E-state index in [4.69, 9.17) is 0 Å². The smallest absolute Gasteiger partial charge is 0.130 e. The van der Waals surface area contributed by atoms with E-state index in [1.54, 1.807) is 11.8 Å². The highest BCUT2D eigenvalue weighted by atomic mass is 32.2. The molecule has 0 N–H and O–H groups in total. The summed E-state index contributed by atoms with van der Waals surface area (Å²) in [6.45, 7) is 4.10. The third kappa shape index (κ3) is 3.35. The molecule has 0 aliphatic rings. The monoisotopic (exact) mass is 202 g/mol. The third-order valence-electron chi connectivity index (χ3n) is 1.59. The fourth-order valence-electron chi connectivity index (χ4n) is 0.895. The molecule has 0 fully saturated rings.